The highest BCUT2D eigenvalue weighted by molar-refractivity contribution is 5.80. The van der Waals surface area contributed by atoms with E-state index in [0.717, 1.165) is 0 Å². The van der Waals surface area contributed by atoms with Crippen LogP contribution in [0.5, 0.6) is 0 Å². The predicted octanol–water partition coefficient (Wildman–Crippen LogP) is -4.84. The van der Waals surface area contributed by atoms with Gasteiger partial charge in [0.1, 0.15) is 29.5 Å². The quantitative estimate of drug-likeness (QED) is 0.251. The van der Waals surface area contributed by atoms with E-state index in [4.69, 9.17) is 15.2 Å². The van der Waals surface area contributed by atoms with Crippen molar-refractivity contribution in [3.63, 3.8) is 0 Å². The van der Waals surface area contributed by atoms with Gasteiger partial charge in [0.25, 0.3) is 0 Å². The number of hydrogen-bond acceptors (Lipinski definition) is 10. The molecule has 21 heavy (non-hydrogen) atoms. The molecule has 4 heterocycles. The van der Waals surface area contributed by atoms with Gasteiger partial charge < -0.3 is 46.1 Å². The van der Waals surface area contributed by atoms with Gasteiger partial charge in [0.15, 0.2) is 12.1 Å². The first-order chi connectivity index (χ1) is 9.79. The summed E-state index contributed by atoms with van der Waals surface area (Å²) in [6.07, 6.45) is -5.49. The molecule has 0 aromatic heterocycles. The van der Waals surface area contributed by atoms with Crippen molar-refractivity contribution in [2.75, 3.05) is 13.2 Å². The van der Waals surface area contributed by atoms with Crippen molar-refractivity contribution in [1.82, 2.24) is 5.32 Å². The monoisotopic (exact) mass is 303 g/mol. The molecule has 0 amide bonds. The summed E-state index contributed by atoms with van der Waals surface area (Å²) in [7, 11) is 0. The molecule has 1 saturated carbocycles. The van der Waals surface area contributed by atoms with Crippen LogP contribution < -0.4 is 11.1 Å². The Labute approximate surface area is 118 Å². The fourth-order valence-electron chi connectivity index (χ4n) is 4.16. The van der Waals surface area contributed by atoms with Crippen molar-refractivity contribution in [2.24, 2.45) is 16.6 Å². The Bertz CT molecular complexity index is 532. The minimum atomic E-state index is -2.39. The van der Waals surface area contributed by atoms with E-state index >= 15 is 0 Å². The van der Waals surface area contributed by atoms with Crippen molar-refractivity contribution >= 4 is 5.96 Å². The highest BCUT2D eigenvalue weighted by Crippen LogP contribution is 2.57. The summed E-state index contributed by atoms with van der Waals surface area (Å²) in [6.45, 7) is -0.680. The number of nitrogens with two attached hydrogens (primary N) is 1. The molecule has 118 valence electrons. The van der Waals surface area contributed by atoms with Crippen LogP contribution in [0, 0.1) is 5.92 Å². The Morgan fingerprint density at radius 2 is 1.95 bits per heavy atom. The Morgan fingerprint density at radius 3 is 2.62 bits per heavy atom. The average molecular weight is 303 g/mol. The Hall–Kier alpha value is -1.01. The van der Waals surface area contributed by atoms with Gasteiger partial charge in [-0.3, -0.25) is 4.99 Å². The van der Waals surface area contributed by atoms with Gasteiger partial charge in [0.2, 0.25) is 0 Å². The first-order valence-electron chi connectivity index (χ1n) is 6.65. The van der Waals surface area contributed by atoms with E-state index in [2.05, 4.69) is 10.3 Å². The molecule has 1 spiro atoms. The lowest BCUT2D eigenvalue weighted by molar-refractivity contribution is -0.544. The van der Waals surface area contributed by atoms with E-state index in [1.54, 1.807) is 0 Å². The summed E-state index contributed by atoms with van der Waals surface area (Å²) in [4.78, 5) is 3.99. The standard InChI is InChI=1S/C11H17N3O7/c12-8-13-1-3-5-9(18,2-15)6-4(16)10(3,14-8)7(17)11(19,20-5)21-6/h3-7,15-19H,1-2H2,(H3,12,13,14)/t3?,4-,5?,6?,7+,9?,10?,11?/m1/s1. The highest BCUT2D eigenvalue weighted by atomic mass is 16.9. The van der Waals surface area contributed by atoms with E-state index in [1.807, 2.05) is 0 Å². The maximum absolute atomic E-state index is 10.6. The Kier molecular flexibility index (Phi) is 2.38. The van der Waals surface area contributed by atoms with Gasteiger partial charge in [-0.25, -0.2) is 0 Å². The number of aliphatic hydroxyl groups is 5. The van der Waals surface area contributed by atoms with Crippen LogP contribution in [0.25, 0.3) is 0 Å². The van der Waals surface area contributed by atoms with Gasteiger partial charge in [0.05, 0.1) is 13.2 Å². The van der Waals surface area contributed by atoms with Gasteiger partial charge >= 0.3 is 5.97 Å². The summed E-state index contributed by atoms with van der Waals surface area (Å²) < 4.78 is 10.4. The molecule has 10 nitrogen and oxygen atoms in total. The van der Waals surface area contributed by atoms with E-state index in [0.29, 0.717) is 0 Å². The third-order valence-electron chi connectivity index (χ3n) is 5.19. The number of aliphatic hydroxyl groups excluding tert-OH is 3. The number of guanidine groups is 1. The van der Waals surface area contributed by atoms with Crippen LogP contribution in [0.1, 0.15) is 0 Å². The summed E-state index contributed by atoms with van der Waals surface area (Å²) in [6, 6.07) is 0. The van der Waals surface area contributed by atoms with Crippen LogP contribution in [0.3, 0.4) is 0 Å². The number of ether oxygens (including phenoxy) is 2. The second-order valence-corrected chi connectivity index (χ2v) is 6.09. The van der Waals surface area contributed by atoms with Crippen LogP contribution in [0.4, 0.5) is 0 Å². The SMILES string of the molecule is NC1=NCC2C3OC4(O)OC([C@@H](O)C2(N1)[C@@H]4O)C3(O)CO. The summed E-state index contributed by atoms with van der Waals surface area (Å²) in [5, 5.41) is 54.2. The molecule has 8 atom stereocenters. The molecule has 5 rings (SSSR count). The van der Waals surface area contributed by atoms with Gasteiger partial charge in [-0.15, -0.1) is 0 Å². The fourth-order valence-corrected chi connectivity index (χ4v) is 4.16. The van der Waals surface area contributed by atoms with Gasteiger partial charge in [0, 0.05) is 5.92 Å². The van der Waals surface area contributed by atoms with Crippen molar-refractivity contribution in [3.8, 4) is 0 Å². The van der Waals surface area contributed by atoms with Crippen LogP contribution in [-0.4, -0.2) is 86.2 Å². The van der Waals surface area contributed by atoms with Crippen molar-refractivity contribution in [2.45, 2.75) is 41.5 Å². The molecule has 5 aliphatic rings. The topological polar surface area (TPSA) is 170 Å². The third kappa shape index (κ3) is 1.26. The molecule has 0 aromatic carbocycles. The summed E-state index contributed by atoms with van der Waals surface area (Å²) >= 11 is 0. The molecule has 4 bridgehead atoms. The maximum Gasteiger partial charge on any atom is 0.311 e. The number of aliphatic imine (C=N–C) groups is 1. The zero-order chi connectivity index (χ0) is 15.2. The largest absolute Gasteiger partial charge is 0.393 e. The molecule has 0 radical (unpaired) electrons. The van der Waals surface area contributed by atoms with E-state index in [9.17, 15) is 25.5 Å². The van der Waals surface area contributed by atoms with E-state index in [-0.39, 0.29) is 12.5 Å². The van der Waals surface area contributed by atoms with Crippen LogP contribution in [0.15, 0.2) is 4.99 Å². The van der Waals surface area contributed by atoms with Gasteiger partial charge in [-0.05, 0) is 0 Å². The fraction of sp³-hybridized carbons (Fsp3) is 0.909. The van der Waals surface area contributed by atoms with E-state index in [1.165, 1.54) is 0 Å². The first-order valence-corrected chi connectivity index (χ1v) is 6.65. The highest BCUT2D eigenvalue weighted by Gasteiger charge is 2.81. The van der Waals surface area contributed by atoms with Gasteiger partial charge in [-0.1, -0.05) is 0 Å². The first kappa shape index (κ1) is 13.6. The number of rotatable bonds is 1. The Morgan fingerprint density at radius 1 is 1.29 bits per heavy atom. The molecule has 4 fully saturated rings. The van der Waals surface area contributed by atoms with Gasteiger partial charge in [-0.2, -0.15) is 0 Å². The lowest BCUT2D eigenvalue weighted by Crippen LogP contribution is -2.94. The van der Waals surface area contributed by atoms with Crippen molar-refractivity contribution in [3.05, 3.63) is 0 Å². The van der Waals surface area contributed by atoms with Crippen LogP contribution in [-0.2, 0) is 9.47 Å². The molecule has 4 aliphatic heterocycles. The molecular formula is C11H17N3O7. The number of nitrogens with zero attached hydrogens (tertiary/aromatic N) is 1. The second-order valence-electron chi connectivity index (χ2n) is 6.09. The second kappa shape index (κ2) is 3.66. The van der Waals surface area contributed by atoms with Crippen LogP contribution >= 0.6 is 0 Å². The van der Waals surface area contributed by atoms with Crippen LogP contribution in [0.2, 0.25) is 0 Å². The maximum atomic E-state index is 10.6. The average Bonchev–Trinajstić information content (AvgIpc) is 2.45. The minimum absolute atomic E-state index is 0.00226. The van der Waals surface area contributed by atoms with Crippen molar-refractivity contribution in [1.29, 1.82) is 0 Å². The molecular weight excluding hydrogens is 286 g/mol. The number of hydrogen-bond donors (Lipinski definition) is 7. The molecule has 1 aliphatic carbocycles. The summed E-state index contributed by atoms with van der Waals surface area (Å²) in [5.74, 6) is -3.09. The molecule has 3 saturated heterocycles. The zero-order valence-corrected chi connectivity index (χ0v) is 10.9. The third-order valence-corrected chi connectivity index (χ3v) is 5.19. The zero-order valence-electron chi connectivity index (χ0n) is 10.9. The Balaban J connectivity index is 1.92. The normalized spacial score (nSPS) is 61.2. The minimum Gasteiger partial charge on any atom is -0.393 e. The lowest BCUT2D eigenvalue weighted by atomic mass is 9.55. The molecule has 8 N–H and O–H groups in total. The summed E-state index contributed by atoms with van der Waals surface area (Å²) in [5.41, 5.74) is 2.26. The number of nitrogens with one attached hydrogen (secondary N) is 1. The van der Waals surface area contributed by atoms with E-state index < -0.39 is 54.1 Å². The lowest BCUT2D eigenvalue weighted by Gasteiger charge is -2.70. The smallest absolute Gasteiger partial charge is 0.311 e. The molecule has 6 unspecified atom stereocenters. The van der Waals surface area contributed by atoms with Crippen molar-refractivity contribution < 1.29 is 35.0 Å². The predicted molar refractivity (Wildman–Crippen MR) is 64.6 cm³/mol. The molecule has 10 heteroatoms. The molecule has 0 aromatic rings.